The maximum Gasteiger partial charge on any atom is 0.218 e. The van der Waals surface area contributed by atoms with Crippen LogP contribution < -0.4 is 15.0 Å². The molecule has 1 fully saturated rings. The van der Waals surface area contributed by atoms with Gasteiger partial charge in [0.05, 0.1) is 15.9 Å². The number of ether oxygens (including phenoxy) is 1. The summed E-state index contributed by atoms with van der Waals surface area (Å²) in [7, 11) is 0. The second kappa shape index (κ2) is 11.2. The SMILES string of the molecule is Cc1ccc(CNc2ncnc3c2c(Cl)cn3-c2nnc(COc3ccc4ccc(N5CCCC5)nc4c3)s2)cc1C. The van der Waals surface area contributed by atoms with E-state index in [1.165, 1.54) is 47.2 Å². The summed E-state index contributed by atoms with van der Waals surface area (Å²) in [4.78, 5) is 16.2. The Hall–Kier alpha value is -4.28. The second-order valence-electron chi connectivity index (χ2n) is 10.5. The molecule has 1 aliphatic rings. The number of hydrogen-bond acceptors (Lipinski definition) is 9. The van der Waals surface area contributed by atoms with Gasteiger partial charge in [0.1, 0.15) is 30.3 Å². The molecule has 4 aromatic heterocycles. The van der Waals surface area contributed by atoms with E-state index in [1.54, 1.807) is 6.20 Å². The lowest BCUT2D eigenvalue weighted by atomic mass is 10.1. The van der Waals surface area contributed by atoms with Crippen molar-refractivity contribution in [2.75, 3.05) is 23.3 Å². The number of anilines is 2. The van der Waals surface area contributed by atoms with Gasteiger partial charge in [-0.2, -0.15) is 0 Å². The van der Waals surface area contributed by atoms with Crippen molar-refractivity contribution in [2.45, 2.75) is 39.8 Å². The molecule has 0 amide bonds. The number of fused-ring (bicyclic) bond motifs is 2. The van der Waals surface area contributed by atoms with Crippen LogP contribution in [0.2, 0.25) is 5.02 Å². The van der Waals surface area contributed by atoms with Crippen LogP contribution in [0.1, 0.15) is 34.5 Å². The average molecular weight is 597 g/mol. The molecule has 0 saturated carbocycles. The van der Waals surface area contributed by atoms with Crippen molar-refractivity contribution < 1.29 is 4.74 Å². The molecule has 1 N–H and O–H groups in total. The fraction of sp³-hybridized carbons (Fsp3) is 0.258. The Morgan fingerprint density at radius 1 is 0.976 bits per heavy atom. The first-order valence-corrected chi connectivity index (χ1v) is 15.1. The predicted molar refractivity (Wildman–Crippen MR) is 168 cm³/mol. The van der Waals surface area contributed by atoms with E-state index in [4.69, 9.17) is 21.3 Å². The van der Waals surface area contributed by atoms with Crippen LogP contribution in [-0.2, 0) is 13.2 Å². The smallest absolute Gasteiger partial charge is 0.218 e. The monoisotopic (exact) mass is 596 g/mol. The van der Waals surface area contributed by atoms with Gasteiger partial charge in [0.15, 0.2) is 10.7 Å². The minimum atomic E-state index is 0.291. The number of rotatable bonds is 8. The fourth-order valence-electron chi connectivity index (χ4n) is 5.24. The number of aromatic nitrogens is 6. The summed E-state index contributed by atoms with van der Waals surface area (Å²) in [5, 5.41) is 16.0. The summed E-state index contributed by atoms with van der Waals surface area (Å²) >= 11 is 8.12. The van der Waals surface area contributed by atoms with Gasteiger partial charge in [0, 0.05) is 37.3 Å². The Morgan fingerprint density at radius 2 is 1.83 bits per heavy atom. The number of hydrogen-bond donors (Lipinski definition) is 1. The van der Waals surface area contributed by atoms with E-state index in [9.17, 15) is 0 Å². The van der Waals surface area contributed by atoms with Gasteiger partial charge in [0.25, 0.3) is 0 Å². The summed E-state index contributed by atoms with van der Waals surface area (Å²) < 4.78 is 7.95. The van der Waals surface area contributed by atoms with Gasteiger partial charge in [-0.25, -0.2) is 15.0 Å². The maximum atomic E-state index is 6.69. The molecule has 9 nitrogen and oxygen atoms in total. The molecule has 0 unspecified atom stereocenters. The minimum Gasteiger partial charge on any atom is -0.486 e. The first kappa shape index (κ1) is 26.6. The fourth-order valence-corrected chi connectivity index (χ4v) is 6.24. The van der Waals surface area contributed by atoms with Crippen molar-refractivity contribution in [3.8, 4) is 10.9 Å². The lowest BCUT2D eigenvalue weighted by molar-refractivity contribution is 0.305. The molecule has 42 heavy (non-hydrogen) atoms. The van der Waals surface area contributed by atoms with Crippen molar-refractivity contribution >= 4 is 56.5 Å². The molecule has 0 radical (unpaired) electrons. The van der Waals surface area contributed by atoms with Crippen LogP contribution in [0.3, 0.4) is 0 Å². The van der Waals surface area contributed by atoms with Gasteiger partial charge in [-0.15, -0.1) is 10.2 Å². The largest absolute Gasteiger partial charge is 0.486 e. The lowest BCUT2D eigenvalue weighted by Crippen LogP contribution is -2.18. The molecule has 0 spiro atoms. The Morgan fingerprint density at radius 3 is 2.69 bits per heavy atom. The molecule has 5 heterocycles. The molecule has 1 saturated heterocycles. The van der Waals surface area contributed by atoms with Gasteiger partial charge >= 0.3 is 0 Å². The van der Waals surface area contributed by atoms with Crippen LogP contribution in [0.25, 0.3) is 27.1 Å². The number of aryl methyl sites for hydroxylation is 2. The third-order valence-electron chi connectivity index (χ3n) is 7.67. The standard InChI is InChI=1S/C31H29ClN8OS/c1-19-5-6-21(13-20(19)2)15-33-29-28-24(32)16-40(30(28)35-18-34-29)31-38-37-27(42-31)17-41-23-9-7-22-8-10-26(36-25(22)14-23)39-11-3-4-12-39/h5-10,13-14,16,18H,3-4,11-12,15,17H2,1-2H3,(H,33,34,35). The van der Waals surface area contributed by atoms with E-state index in [2.05, 4.69) is 74.6 Å². The van der Waals surface area contributed by atoms with Crippen LogP contribution in [0.5, 0.6) is 5.75 Å². The Balaban J connectivity index is 1.07. The normalized spacial score (nSPS) is 13.4. The number of pyridine rings is 1. The molecule has 11 heteroatoms. The molecular formula is C31H29ClN8OS. The van der Waals surface area contributed by atoms with Crippen molar-refractivity contribution in [2.24, 2.45) is 0 Å². The van der Waals surface area contributed by atoms with Gasteiger partial charge in [-0.1, -0.05) is 41.1 Å². The van der Waals surface area contributed by atoms with E-state index in [0.717, 1.165) is 46.0 Å². The zero-order chi connectivity index (χ0) is 28.6. The van der Waals surface area contributed by atoms with E-state index in [-0.39, 0.29) is 0 Å². The van der Waals surface area contributed by atoms with E-state index in [0.29, 0.717) is 34.8 Å². The molecule has 6 aromatic rings. The van der Waals surface area contributed by atoms with Crippen molar-refractivity contribution in [3.05, 3.63) is 87.8 Å². The number of halogens is 1. The maximum absolute atomic E-state index is 6.69. The molecule has 1 aliphatic heterocycles. The molecule has 0 aliphatic carbocycles. The first-order chi connectivity index (χ1) is 20.5. The quantitative estimate of drug-likeness (QED) is 0.203. The van der Waals surface area contributed by atoms with Crippen molar-refractivity contribution in [3.63, 3.8) is 0 Å². The highest BCUT2D eigenvalue weighted by atomic mass is 35.5. The molecule has 0 atom stereocenters. The molecule has 0 bridgehead atoms. The van der Waals surface area contributed by atoms with Crippen molar-refractivity contribution in [1.82, 2.24) is 29.7 Å². The zero-order valence-electron chi connectivity index (χ0n) is 23.3. The highest BCUT2D eigenvalue weighted by Crippen LogP contribution is 2.33. The topological polar surface area (TPSA) is 93.9 Å². The summed E-state index contributed by atoms with van der Waals surface area (Å²) in [5.41, 5.74) is 5.28. The number of nitrogens with zero attached hydrogens (tertiary/aromatic N) is 7. The molecule has 2 aromatic carbocycles. The Bertz CT molecular complexity index is 1910. The Kier molecular flexibility index (Phi) is 7.09. The highest BCUT2D eigenvalue weighted by molar-refractivity contribution is 7.13. The van der Waals surface area contributed by atoms with E-state index in [1.807, 2.05) is 22.8 Å². The van der Waals surface area contributed by atoms with Gasteiger partial charge in [-0.3, -0.25) is 4.57 Å². The van der Waals surface area contributed by atoms with E-state index >= 15 is 0 Å². The third kappa shape index (κ3) is 5.23. The number of benzene rings is 2. The first-order valence-electron chi connectivity index (χ1n) is 13.9. The van der Waals surface area contributed by atoms with Crippen LogP contribution in [0, 0.1) is 13.8 Å². The van der Waals surface area contributed by atoms with Crippen LogP contribution in [0.15, 0.2) is 61.1 Å². The van der Waals surface area contributed by atoms with Gasteiger partial charge in [0.2, 0.25) is 5.13 Å². The summed E-state index contributed by atoms with van der Waals surface area (Å²) in [5.74, 6) is 2.44. The highest BCUT2D eigenvalue weighted by Gasteiger charge is 2.18. The Labute approximate surface area is 252 Å². The third-order valence-corrected chi connectivity index (χ3v) is 8.85. The predicted octanol–water partition coefficient (Wildman–Crippen LogP) is 6.88. The van der Waals surface area contributed by atoms with Gasteiger partial charge in [-0.05, 0) is 67.6 Å². The number of nitrogens with one attached hydrogen (secondary N) is 1. The van der Waals surface area contributed by atoms with Gasteiger partial charge < -0.3 is 15.0 Å². The average Bonchev–Trinajstić information content (AvgIpc) is 3.77. The zero-order valence-corrected chi connectivity index (χ0v) is 24.9. The lowest BCUT2D eigenvalue weighted by Gasteiger charge is -2.16. The van der Waals surface area contributed by atoms with Crippen LogP contribution in [-0.4, -0.2) is 42.8 Å². The van der Waals surface area contributed by atoms with E-state index < -0.39 is 0 Å². The molecular weight excluding hydrogens is 568 g/mol. The second-order valence-corrected chi connectivity index (χ2v) is 12.0. The minimum absolute atomic E-state index is 0.291. The summed E-state index contributed by atoms with van der Waals surface area (Å²) in [6.07, 6.45) is 5.78. The summed E-state index contributed by atoms with van der Waals surface area (Å²) in [6.45, 7) is 7.27. The van der Waals surface area contributed by atoms with Crippen molar-refractivity contribution in [1.29, 1.82) is 0 Å². The summed E-state index contributed by atoms with van der Waals surface area (Å²) in [6, 6.07) is 16.6. The van der Waals surface area contributed by atoms with Crippen LogP contribution >= 0.6 is 22.9 Å². The van der Waals surface area contributed by atoms with Crippen LogP contribution in [0.4, 0.5) is 11.6 Å². The molecule has 7 rings (SSSR count). The molecule has 212 valence electrons.